The van der Waals surface area contributed by atoms with Crippen molar-refractivity contribution in [1.29, 1.82) is 0 Å². The number of nitrogens with one attached hydrogen (secondary N) is 2. The van der Waals surface area contributed by atoms with Gasteiger partial charge >= 0.3 is 0 Å². The van der Waals surface area contributed by atoms with Crippen LogP contribution in [0.1, 0.15) is 15.9 Å². The molecule has 3 amide bonds. The molecular weight excluding hydrogens is 453 g/mol. The van der Waals surface area contributed by atoms with Crippen LogP contribution in [0.2, 0.25) is 0 Å². The number of carbonyl (C=O) groups excluding carboxylic acids is 3. The topological polar surface area (TPSA) is 97.0 Å². The van der Waals surface area contributed by atoms with Gasteiger partial charge in [-0.25, -0.2) is 4.39 Å². The minimum absolute atomic E-state index is 0.0800. The lowest BCUT2D eigenvalue weighted by Gasteiger charge is -2.22. The van der Waals surface area contributed by atoms with Crippen LogP contribution in [0.5, 0.6) is 11.5 Å². The van der Waals surface area contributed by atoms with Crippen molar-refractivity contribution in [3.8, 4) is 11.5 Å². The molecule has 0 fully saturated rings. The van der Waals surface area contributed by atoms with Crippen LogP contribution >= 0.6 is 0 Å². The Labute approximate surface area is 202 Å². The Morgan fingerprint density at radius 3 is 1.94 bits per heavy atom. The van der Waals surface area contributed by atoms with Crippen LogP contribution in [-0.2, 0) is 16.1 Å². The average molecular weight is 480 g/mol. The van der Waals surface area contributed by atoms with Crippen LogP contribution in [0.3, 0.4) is 0 Å². The number of methoxy groups -OCH3 is 2. The van der Waals surface area contributed by atoms with Gasteiger partial charge in [0.2, 0.25) is 11.8 Å². The first-order valence-electron chi connectivity index (χ1n) is 10.8. The lowest BCUT2D eigenvalue weighted by molar-refractivity contribution is -0.124. The monoisotopic (exact) mass is 479 g/mol. The zero-order chi connectivity index (χ0) is 25.2. The molecule has 3 aromatic carbocycles. The minimum atomic E-state index is -0.515. The van der Waals surface area contributed by atoms with Crippen molar-refractivity contribution in [2.24, 2.45) is 0 Å². The van der Waals surface area contributed by atoms with Gasteiger partial charge in [0.15, 0.2) is 0 Å². The van der Waals surface area contributed by atoms with E-state index >= 15 is 0 Å². The number of hydrogen-bond acceptors (Lipinski definition) is 5. The van der Waals surface area contributed by atoms with E-state index in [4.69, 9.17) is 9.47 Å². The van der Waals surface area contributed by atoms with Crippen LogP contribution in [0.25, 0.3) is 0 Å². The molecule has 0 spiro atoms. The molecule has 0 bridgehead atoms. The van der Waals surface area contributed by atoms with Crippen LogP contribution in [0.15, 0.2) is 72.8 Å². The van der Waals surface area contributed by atoms with Crippen molar-refractivity contribution in [3.05, 3.63) is 89.7 Å². The first-order chi connectivity index (χ1) is 16.9. The fourth-order valence-corrected chi connectivity index (χ4v) is 3.21. The summed E-state index contributed by atoms with van der Waals surface area (Å²) >= 11 is 0. The van der Waals surface area contributed by atoms with Crippen LogP contribution in [0.4, 0.5) is 10.1 Å². The Morgan fingerprint density at radius 1 is 0.800 bits per heavy atom. The van der Waals surface area contributed by atoms with Crippen molar-refractivity contribution in [1.82, 2.24) is 10.2 Å². The third-order valence-electron chi connectivity index (χ3n) is 5.07. The molecular formula is C26H26FN3O5. The molecule has 0 unspecified atom stereocenters. The van der Waals surface area contributed by atoms with Gasteiger partial charge < -0.3 is 25.0 Å². The van der Waals surface area contributed by atoms with E-state index in [9.17, 15) is 18.8 Å². The maximum Gasteiger partial charge on any atom is 0.254 e. The summed E-state index contributed by atoms with van der Waals surface area (Å²) in [6.45, 7) is -0.485. The number of carbonyl (C=O) groups is 3. The normalized spacial score (nSPS) is 10.3. The number of rotatable bonds is 10. The summed E-state index contributed by atoms with van der Waals surface area (Å²) in [6.07, 6.45) is 0. The van der Waals surface area contributed by atoms with Gasteiger partial charge in [-0.15, -0.1) is 0 Å². The van der Waals surface area contributed by atoms with Gasteiger partial charge in [0, 0.05) is 17.8 Å². The number of hydrogen-bond donors (Lipinski definition) is 2. The summed E-state index contributed by atoms with van der Waals surface area (Å²) in [5, 5.41) is 5.19. The number of ether oxygens (including phenoxy) is 2. The summed E-state index contributed by atoms with van der Waals surface area (Å²) in [5.74, 6) is -0.488. The lowest BCUT2D eigenvalue weighted by Crippen LogP contribution is -2.42. The number of benzene rings is 3. The van der Waals surface area contributed by atoms with Gasteiger partial charge in [-0.2, -0.15) is 0 Å². The van der Waals surface area contributed by atoms with Crippen molar-refractivity contribution in [2.75, 3.05) is 32.6 Å². The third-order valence-corrected chi connectivity index (χ3v) is 5.07. The molecule has 0 aromatic heterocycles. The molecule has 0 aliphatic heterocycles. The fourth-order valence-electron chi connectivity index (χ4n) is 3.21. The fraction of sp³-hybridized carbons (Fsp3) is 0.192. The molecule has 0 atom stereocenters. The quantitative estimate of drug-likeness (QED) is 0.465. The Bertz CT molecular complexity index is 1150. The van der Waals surface area contributed by atoms with Gasteiger partial charge in [0.25, 0.3) is 5.91 Å². The summed E-state index contributed by atoms with van der Waals surface area (Å²) in [5.41, 5.74) is 1.56. The van der Waals surface area contributed by atoms with E-state index in [2.05, 4.69) is 10.6 Å². The molecule has 2 N–H and O–H groups in total. The molecule has 35 heavy (non-hydrogen) atoms. The Hall–Kier alpha value is -4.40. The van der Waals surface area contributed by atoms with Crippen LogP contribution < -0.4 is 20.1 Å². The van der Waals surface area contributed by atoms with Crippen LogP contribution in [-0.4, -0.2) is 49.9 Å². The highest BCUT2D eigenvalue weighted by molar-refractivity contribution is 5.98. The second kappa shape index (κ2) is 12.2. The maximum absolute atomic E-state index is 13.3. The summed E-state index contributed by atoms with van der Waals surface area (Å²) in [7, 11) is 3.06. The lowest BCUT2D eigenvalue weighted by atomic mass is 10.1. The van der Waals surface area contributed by atoms with E-state index in [1.54, 1.807) is 67.8 Å². The molecule has 0 aliphatic rings. The van der Waals surface area contributed by atoms with Gasteiger partial charge in [-0.3, -0.25) is 14.4 Å². The molecule has 182 valence electrons. The maximum atomic E-state index is 13.3. The van der Waals surface area contributed by atoms with E-state index in [1.807, 2.05) is 0 Å². The molecule has 8 nitrogen and oxygen atoms in total. The van der Waals surface area contributed by atoms with Crippen molar-refractivity contribution in [2.45, 2.75) is 6.54 Å². The van der Waals surface area contributed by atoms with Gasteiger partial charge in [0.1, 0.15) is 23.9 Å². The summed E-state index contributed by atoms with van der Waals surface area (Å²) in [4.78, 5) is 39.3. The van der Waals surface area contributed by atoms with Gasteiger partial charge in [-0.1, -0.05) is 12.1 Å². The predicted molar refractivity (Wildman–Crippen MR) is 129 cm³/mol. The highest BCUT2D eigenvalue weighted by Gasteiger charge is 2.20. The first-order valence-corrected chi connectivity index (χ1v) is 10.8. The first kappa shape index (κ1) is 25.2. The Kier molecular flexibility index (Phi) is 8.77. The molecule has 0 radical (unpaired) electrons. The molecule has 3 rings (SSSR count). The van der Waals surface area contributed by atoms with Crippen LogP contribution in [0, 0.1) is 5.82 Å². The van der Waals surface area contributed by atoms with E-state index in [0.29, 0.717) is 28.3 Å². The van der Waals surface area contributed by atoms with Crippen molar-refractivity contribution >= 4 is 23.4 Å². The largest absolute Gasteiger partial charge is 0.497 e. The van der Waals surface area contributed by atoms with E-state index in [0.717, 1.165) is 0 Å². The Morgan fingerprint density at radius 2 is 1.37 bits per heavy atom. The number of halogens is 1. The predicted octanol–water partition coefficient (Wildman–Crippen LogP) is 3.24. The number of anilines is 1. The van der Waals surface area contributed by atoms with E-state index < -0.39 is 23.5 Å². The molecule has 0 heterocycles. The smallest absolute Gasteiger partial charge is 0.254 e. The summed E-state index contributed by atoms with van der Waals surface area (Å²) < 4.78 is 23.5. The summed E-state index contributed by atoms with van der Waals surface area (Å²) in [6, 6.07) is 18.9. The Balaban J connectivity index is 1.63. The zero-order valence-corrected chi connectivity index (χ0v) is 19.4. The average Bonchev–Trinajstić information content (AvgIpc) is 2.88. The zero-order valence-electron chi connectivity index (χ0n) is 19.4. The molecule has 0 saturated heterocycles. The molecule has 0 saturated carbocycles. The standard InChI is InChI=1S/C26H26FN3O5/c1-34-22-11-5-19(6-12-22)26(33)30(16-18-3-7-20(27)8-4-18)17-25(32)28-15-24(31)29-21-9-13-23(35-2)14-10-21/h3-14H,15-17H2,1-2H3,(H,28,32)(H,29,31). The van der Waals surface area contributed by atoms with Crippen molar-refractivity contribution < 1.29 is 28.2 Å². The SMILES string of the molecule is COc1ccc(NC(=O)CNC(=O)CN(Cc2ccc(F)cc2)C(=O)c2ccc(OC)cc2)cc1. The molecule has 0 aliphatic carbocycles. The van der Waals surface area contributed by atoms with Gasteiger partial charge in [0.05, 0.1) is 20.8 Å². The van der Waals surface area contributed by atoms with Crippen molar-refractivity contribution in [3.63, 3.8) is 0 Å². The van der Waals surface area contributed by atoms with Gasteiger partial charge in [-0.05, 0) is 66.2 Å². The number of nitrogens with zero attached hydrogens (tertiary/aromatic N) is 1. The highest BCUT2D eigenvalue weighted by Crippen LogP contribution is 2.16. The molecule has 9 heteroatoms. The highest BCUT2D eigenvalue weighted by atomic mass is 19.1. The van der Waals surface area contributed by atoms with E-state index in [-0.39, 0.29) is 19.6 Å². The third kappa shape index (κ3) is 7.56. The number of amides is 3. The second-order valence-electron chi connectivity index (χ2n) is 7.57. The second-order valence-corrected chi connectivity index (χ2v) is 7.57. The van der Waals surface area contributed by atoms with E-state index in [1.165, 1.54) is 24.1 Å². The molecule has 3 aromatic rings. The minimum Gasteiger partial charge on any atom is -0.497 e.